The van der Waals surface area contributed by atoms with Crippen LogP contribution >= 0.6 is 0 Å². The summed E-state index contributed by atoms with van der Waals surface area (Å²) in [5, 5.41) is 12.2. The Hall–Kier alpha value is -2.82. The average Bonchev–Trinajstić information content (AvgIpc) is 3.50. The Morgan fingerprint density at radius 1 is 0.933 bits per heavy atom. The molecule has 1 amide bonds. The molecule has 0 radical (unpaired) electrons. The Kier molecular flexibility index (Phi) is 4.97. The molecular formula is C25H27NO4. The van der Waals surface area contributed by atoms with Crippen molar-refractivity contribution in [3.63, 3.8) is 0 Å². The Balaban J connectivity index is 1.14. The Bertz CT molecular complexity index is 918. The van der Waals surface area contributed by atoms with E-state index in [9.17, 15) is 9.59 Å². The second kappa shape index (κ2) is 7.78. The highest BCUT2D eigenvalue weighted by Gasteiger charge is 2.48. The van der Waals surface area contributed by atoms with Crippen molar-refractivity contribution < 1.29 is 19.4 Å². The Labute approximate surface area is 176 Å². The maximum Gasteiger partial charge on any atom is 0.407 e. The molecule has 0 unspecified atom stereocenters. The molecule has 156 valence electrons. The Morgan fingerprint density at radius 3 is 2.10 bits per heavy atom. The van der Waals surface area contributed by atoms with E-state index in [1.165, 1.54) is 22.3 Å². The van der Waals surface area contributed by atoms with Crippen molar-refractivity contribution in [2.24, 2.45) is 17.8 Å². The van der Waals surface area contributed by atoms with Crippen LogP contribution < -0.4 is 5.32 Å². The van der Waals surface area contributed by atoms with E-state index in [2.05, 4.69) is 29.6 Å². The van der Waals surface area contributed by atoms with Crippen LogP contribution in [0.1, 0.15) is 49.1 Å². The van der Waals surface area contributed by atoms with E-state index in [4.69, 9.17) is 9.84 Å². The van der Waals surface area contributed by atoms with Crippen LogP contribution in [0.15, 0.2) is 48.5 Å². The van der Waals surface area contributed by atoms with Crippen LogP contribution in [-0.2, 0) is 9.53 Å². The first-order valence-electron chi connectivity index (χ1n) is 11.0. The summed E-state index contributed by atoms with van der Waals surface area (Å²) in [6, 6.07) is 16.8. The lowest BCUT2D eigenvalue weighted by molar-refractivity contribution is -0.139. The van der Waals surface area contributed by atoms with Gasteiger partial charge in [0.2, 0.25) is 0 Å². The van der Waals surface area contributed by atoms with Crippen LogP contribution in [0.3, 0.4) is 0 Å². The molecule has 2 aromatic rings. The number of rotatable bonds is 5. The number of alkyl carbamates (subject to hydrolysis) is 1. The second-order valence-electron chi connectivity index (χ2n) is 8.93. The standard InChI is InChI=1S/C25H27NO4/c27-24(28)22-13-21(22)15-9-11-16(12-10-15)26-25(29)30-14-23-19-7-3-1-5-17(19)18-6-2-4-8-20(18)23/h1-8,15-16,21-23H,9-14H2,(H,26,29)(H,27,28)/t15?,16?,21-,22+/m0/s1. The van der Waals surface area contributed by atoms with E-state index in [0.717, 1.165) is 32.1 Å². The van der Waals surface area contributed by atoms with Crippen LogP contribution in [0.5, 0.6) is 0 Å². The first kappa shape index (κ1) is 19.2. The van der Waals surface area contributed by atoms with Gasteiger partial charge in [0.15, 0.2) is 0 Å². The molecular weight excluding hydrogens is 378 g/mol. The van der Waals surface area contributed by atoms with E-state index in [0.29, 0.717) is 18.4 Å². The number of carboxylic acid groups (broad SMARTS) is 1. The van der Waals surface area contributed by atoms with Gasteiger partial charge in [0, 0.05) is 12.0 Å². The predicted octanol–water partition coefficient (Wildman–Crippen LogP) is 4.80. The van der Waals surface area contributed by atoms with Crippen molar-refractivity contribution in [2.45, 2.75) is 44.1 Å². The van der Waals surface area contributed by atoms with Crippen molar-refractivity contribution in [3.05, 3.63) is 59.7 Å². The number of carbonyl (C=O) groups excluding carboxylic acids is 1. The number of carboxylic acids is 1. The third-order valence-corrected chi connectivity index (χ3v) is 7.20. The highest BCUT2D eigenvalue weighted by molar-refractivity contribution is 5.79. The summed E-state index contributed by atoms with van der Waals surface area (Å²) in [5.41, 5.74) is 4.87. The normalized spacial score (nSPS) is 27.1. The maximum atomic E-state index is 12.5. The lowest BCUT2D eigenvalue weighted by Crippen LogP contribution is -2.38. The minimum absolute atomic E-state index is 0.0710. The van der Waals surface area contributed by atoms with Crippen LogP contribution in [0, 0.1) is 17.8 Å². The number of benzene rings is 2. The first-order chi connectivity index (χ1) is 14.6. The SMILES string of the molecule is O=C(NC1CCC([C@@H]2C[C@H]2C(=O)O)CC1)OCC1c2ccccc2-c2ccccc21. The molecule has 0 spiro atoms. The summed E-state index contributed by atoms with van der Waals surface area (Å²) in [6.45, 7) is 0.331. The van der Waals surface area contributed by atoms with Gasteiger partial charge in [-0.25, -0.2) is 4.79 Å². The van der Waals surface area contributed by atoms with Crippen molar-refractivity contribution >= 4 is 12.1 Å². The topological polar surface area (TPSA) is 75.6 Å². The van der Waals surface area contributed by atoms with Gasteiger partial charge in [-0.05, 0) is 66.2 Å². The molecule has 0 bridgehead atoms. The fraction of sp³-hybridized carbons (Fsp3) is 0.440. The number of ether oxygens (including phenoxy) is 1. The van der Waals surface area contributed by atoms with Gasteiger partial charge < -0.3 is 15.2 Å². The number of carbonyl (C=O) groups is 2. The minimum Gasteiger partial charge on any atom is -0.481 e. The quantitative estimate of drug-likeness (QED) is 0.749. The van der Waals surface area contributed by atoms with Crippen LogP contribution in [0.4, 0.5) is 4.79 Å². The van der Waals surface area contributed by atoms with E-state index < -0.39 is 5.97 Å². The van der Waals surface area contributed by atoms with Gasteiger partial charge in [0.1, 0.15) is 6.61 Å². The van der Waals surface area contributed by atoms with Gasteiger partial charge in [-0.1, -0.05) is 48.5 Å². The van der Waals surface area contributed by atoms with Gasteiger partial charge >= 0.3 is 12.1 Å². The summed E-state index contributed by atoms with van der Waals surface area (Å²) >= 11 is 0. The zero-order valence-electron chi connectivity index (χ0n) is 16.9. The molecule has 2 atom stereocenters. The van der Waals surface area contributed by atoms with Crippen LogP contribution in [0.25, 0.3) is 11.1 Å². The molecule has 5 rings (SSSR count). The van der Waals surface area contributed by atoms with Gasteiger partial charge in [0.05, 0.1) is 5.92 Å². The number of hydrogen-bond acceptors (Lipinski definition) is 3. The number of aliphatic carboxylic acids is 1. The van der Waals surface area contributed by atoms with Crippen molar-refractivity contribution in [1.29, 1.82) is 0 Å². The molecule has 0 saturated heterocycles. The molecule has 2 N–H and O–H groups in total. The number of fused-ring (bicyclic) bond motifs is 3. The van der Waals surface area contributed by atoms with E-state index in [1.807, 2.05) is 24.3 Å². The molecule has 5 heteroatoms. The van der Waals surface area contributed by atoms with Crippen molar-refractivity contribution in [1.82, 2.24) is 5.32 Å². The molecule has 2 fully saturated rings. The molecule has 0 aliphatic heterocycles. The third kappa shape index (κ3) is 3.57. The molecule has 0 aromatic heterocycles. The van der Waals surface area contributed by atoms with Crippen LogP contribution in [0.2, 0.25) is 0 Å². The van der Waals surface area contributed by atoms with E-state index in [1.54, 1.807) is 0 Å². The monoisotopic (exact) mass is 405 g/mol. The van der Waals surface area contributed by atoms with Gasteiger partial charge in [-0.15, -0.1) is 0 Å². The van der Waals surface area contributed by atoms with E-state index in [-0.39, 0.29) is 24.0 Å². The molecule has 2 saturated carbocycles. The molecule has 0 heterocycles. The number of amides is 1. The summed E-state index contributed by atoms with van der Waals surface area (Å²) in [7, 11) is 0. The molecule has 5 nitrogen and oxygen atoms in total. The van der Waals surface area contributed by atoms with Crippen molar-refractivity contribution in [3.8, 4) is 11.1 Å². The largest absolute Gasteiger partial charge is 0.481 e. The zero-order chi connectivity index (χ0) is 20.7. The number of hydrogen-bond donors (Lipinski definition) is 2. The molecule has 2 aromatic carbocycles. The molecule has 30 heavy (non-hydrogen) atoms. The van der Waals surface area contributed by atoms with Gasteiger partial charge in [0.25, 0.3) is 0 Å². The fourth-order valence-corrected chi connectivity index (χ4v) is 5.52. The third-order valence-electron chi connectivity index (χ3n) is 7.20. The van der Waals surface area contributed by atoms with Crippen LogP contribution in [-0.4, -0.2) is 29.8 Å². The minimum atomic E-state index is -0.654. The van der Waals surface area contributed by atoms with Crippen molar-refractivity contribution in [2.75, 3.05) is 6.61 Å². The summed E-state index contributed by atoms with van der Waals surface area (Å²) in [4.78, 5) is 23.5. The highest BCUT2D eigenvalue weighted by atomic mass is 16.5. The summed E-state index contributed by atoms with van der Waals surface area (Å²) in [5.74, 6) is 0.117. The zero-order valence-corrected chi connectivity index (χ0v) is 16.9. The lowest BCUT2D eigenvalue weighted by atomic mass is 9.82. The maximum absolute atomic E-state index is 12.5. The first-order valence-corrected chi connectivity index (χ1v) is 11.0. The van der Waals surface area contributed by atoms with Gasteiger partial charge in [-0.3, -0.25) is 4.79 Å². The second-order valence-corrected chi connectivity index (χ2v) is 8.93. The predicted molar refractivity (Wildman–Crippen MR) is 113 cm³/mol. The summed E-state index contributed by atoms with van der Waals surface area (Å²) < 4.78 is 5.65. The molecule has 3 aliphatic carbocycles. The number of nitrogens with one attached hydrogen (secondary N) is 1. The van der Waals surface area contributed by atoms with E-state index >= 15 is 0 Å². The summed E-state index contributed by atoms with van der Waals surface area (Å²) in [6.07, 6.45) is 4.25. The average molecular weight is 405 g/mol. The highest BCUT2D eigenvalue weighted by Crippen LogP contribution is 2.49. The fourth-order valence-electron chi connectivity index (χ4n) is 5.52. The molecule has 3 aliphatic rings. The van der Waals surface area contributed by atoms with Gasteiger partial charge in [-0.2, -0.15) is 0 Å². The smallest absolute Gasteiger partial charge is 0.407 e. The lowest BCUT2D eigenvalue weighted by Gasteiger charge is -2.29. The Morgan fingerprint density at radius 2 is 1.53 bits per heavy atom.